The molecular weight excluding hydrogens is 565 g/mol. The lowest BCUT2D eigenvalue weighted by molar-refractivity contribution is -0.134. The maximum absolute atomic E-state index is 14.7. The number of amides is 2. The predicted molar refractivity (Wildman–Crippen MR) is 150 cm³/mol. The maximum Gasteiger partial charge on any atom is 0.254 e. The van der Waals surface area contributed by atoms with Crippen molar-refractivity contribution in [3.05, 3.63) is 65.6 Å². The first-order valence-corrected chi connectivity index (χ1v) is 14.8. The summed E-state index contributed by atoms with van der Waals surface area (Å²) in [6, 6.07) is 15.1. The van der Waals surface area contributed by atoms with Crippen LogP contribution in [0.2, 0.25) is 0 Å². The van der Waals surface area contributed by atoms with Crippen molar-refractivity contribution in [2.45, 2.75) is 49.5 Å². The third kappa shape index (κ3) is 5.78. The van der Waals surface area contributed by atoms with Crippen molar-refractivity contribution in [1.29, 1.82) is 5.26 Å². The fourth-order valence-corrected chi connectivity index (χ4v) is 6.82. The molecule has 3 fully saturated rings. The van der Waals surface area contributed by atoms with Gasteiger partial charge in [0.15, 0.2) is 0 Å². The van der Waals surface area contributed by atoms with Crippen LogP contribution in [0.4, 0.5) is 13.2 Å². The highest BCUT2D eigenvalue weighted by Gasteiger charge is 2.51. The molecule has 2 aliphatic carbocycles. The molecule has 0 bridgehead atoms. The molecule has 1 aliphatic heterocycles. The number of halogens is 3. The number of alkyl halides is 2. The minimum atomic E-state index is -3.01. The minimum Gasteiger partial charge on any atom is -0.378 e. The van der Waals surface area contributed by atoms with Gasteiger partial charge < -0.3 is 15.0 Å². The summed E-state index contributed by atoms with van der Waals surface area (Å²) >= 11 is 1.33. The van der Waals surface area contributed by atoms with E-state index in [-0.39, 0.29) is 18.7 Å². The zero-order valence-corrected chi connectivity index (χ0v) is 23.6. The second-order valence-electron chi connectivity index (χ2n) is 11.2. The van der Waals surface area contributed by atoms with Crippen LogP contribution in [0.5, 0.6) is 0 Å². The van der Waals surface area contributed by atoms with Crippen LogP contribution in [0.15, 0.2) is 48.5 Å². The van der Waals surface area contributed by atoms with Gasteiger partial charge in [-0.1, -0.05) is 12.1 Å². The Morgan fingerprint density at radius 2 is 1.69 bits per heavy atom. The smallest absolute Gasteiger partial charge is 0.254 e. The van der Waals surface area contributed by atoms with E-state index in [1.807, 2.05) is 0 Å². The van der Waals surface area contributed by atoms with Gasteiger partial charge in [0.25, 0.3) is 5.91 Å². The normalized spacial score (nSPS) is 22.7. The quantitative estimate of drug-likeness (QED) is 0.391. The fraction of sp³-hybridized carbons (Fsp3) is 0.419. The zero-order chi connectivity index (χ0) is 29.5. The number of nitrogens with zero attached hydrogens (tertiary/aromatic N) is 3. The van der Waals surface area contributed by atoms with Crippen LogP contribution in [0, 0.1) is 23.1 Å². The number of nitrogens with one attached hydrogen (secondary N) is 1. The average molecular weight is 595 g/mol. The average Bonchev–Trinajstić information content (AvgIpc) is 3.64. The lowest BCUT2D eigenvalue weighted by Gasteiger charge is -2.35. The third-order valence-corrected chi connectivity index (χ3v) is 9.45. The molecule has 218 valence electrons. The van der Waals surface area contributed by atoms with E-state index < -0.39 is 41.4 Å². The molecule has 2 saturated carbocycles. The Kier molecular flexibility index (Phi) is 7.53. The predicted octanol–water partition coefficient (Wildman–Crippen LogP) is 5.78. The van der Waals surface area contributed by atoms with Crippen LogP contribution in [0.25, 0.3) is 21.0 Å². The molecule has 2 aromatic carbocycles. The first-order valence-electron chi connectivity index (χ1n) is 14.0. The molecular formula is C31H29F3N4O3S. The molecule has 3 aliphatic rings. The van der Waals surface area contributed by atoms with Crippen LogP contribution < -0.4 is 5.32 Å². The number of hydrogen-bond acceptors (Lipinski definition) is 6. The van der Waals surface area contributed by atoms with Crippen molar-refractivity contribution in [2.75, 3.05) is 26.3 Å². The zero-order valence-electron chi connectivity index (χ0n) is 22.7. The molecule has 0 unspecified atom stereocenters. The summed E-state index contributed by atoms with van der Waals surface area (Å²) in [4.78, 5) is 33.7. The van der Waals surface area contributed by atoms with Crippen LogP contribution in [0.1, 0.15) is 54.1 Å². The van der Waals surface area contributed by atoms with Crippen LogP contribution in [0.3, 0.4) is 0 Å². The highest BCUT2D eigenvalue weighted by Crippen LogP contribution is 2.50. The number of hydrogen-bond donors (Lipinski definition) is 1. The lowest BCUT2D eigenvalue weighted by Crippen LogP contribution is -2.45. The molecule has 6 rings (SSSR count). The summed E-state index contributed by atoms with van der Waals surface area (Å²) in [6.07, 6.45) is 0.00374. The molecule has 0 radical (unpaired) electrons. The molecule has 42 heavy (non-hydrogen) atoms. The second kappa shape index (κ2) is 11.2. The Morgan fingerprint density at radius 1 is 1.02 bits per heavy atom. The molecule has 7 nitrogen and oxygen atoms in total. The number of carbonyl (C=O) groups excluding carboxylic acids is 2. The first-order chi connectivity index (χ1) is 20.2. The first kappa shape index (κ1) is 28.4. The highest BCUT2D eigenvalue weighted by atomic mass is 32.1. The van der Waals surface area contributed by atoms with E-state index in [1.54, 1.807) is 41.3 Å². The Labute approximate surface area is 245 Å². The SMILES string of the molecule is N#CC1(NC(=O)[C@@H]2CC(F)(F)CC[C@H]2c2nc(-c3ccc(F)cc3)sc2-c2ccc(C(=O)N3CCOCC3)cc2)CC1. The van der Waals surface area contributed by atoms with E-state index in [1.165, 1.54) is 23.5 Å². The monoisotopic (exact) mass is 594 g/mol. The van der Waals surface area contributed by atoms with Crippen LogP contribution >= 0.6 is 11.3 Å². The fourth-order valence-electron chi connectivity index (χ4n) is 5.67. The molecule has 1 N–H and O–H groups in total. The number of thiazole rings is 1. The van der Waals surface area contributed by atoms with Crippen molar-refractivity contribution in [3.8, 4) is 27.1 Å². The van der Waals surface area contributed by atoms with Crippen molar-refractivity contribution >= 4 is 23.2 Å². The Bertz CT molecular complexity index is 1520. The van der Waals surface area contributed by atoms with E-state index in [9.17, 15) is 28.0 Å². The maximum atomic E-state index is 14.7. The topological polar surface area (TPSA) is 95.3 Å². The minimum absolute atomic E-state index is 0.0395. The molecule has 0 spiro atoms. The van der Waals surface area contributed by atoms with E-state index in [4.69, 9.17) is 9.72 Å². The van der Waals surface area contributed by atoms with Crippen molar-refractivity contribution in [2.24, 2.45) is 5.92 Å². The third-order valence-electron chi connectivity index (χ3n) is 8.28. The van der Waals surface area contributed by atoms with Gasteiger partial charge in [0.1, 0.15) is 16.4 Å². The van der Waals surface area contributed by atoms with Gasteiger partial charge in [-0.05, 0) is 61.2 Å². The van der Waals surface area contributed by atoms with E-state index in [0.29, 0.717) is 65.9 Å². The summed E-state index contributed by atoms with van der Waals surface area (Å²) in [7, 11) is 0. The Balaban J connectivity index is 1.37. The summed E-state index contributed by atoms with van der Waals surface area (Å²) in [5.41, 5.74) is 1.45. The highest BCUT2D eigenvalue weighted by molar-refractivity contribution is 7.18. The molecule has 2 heterocycles. The van der Waals surface area contributed by atoms with Crippen molar-refractivity contribution in [3.63, 3.8) is 0 Å². The number of carbonyl (C=O) groups is 2. The van der Waals surface area contributed by atoms with Gasteiger partial charge in [0, 0.05) is 43.0 Å². The van der Waals surface area contributed by atoms with E-state index in [0.717, 1.165) is 5.56 Å². The summed E-state index contributed by atoms with van der Waals surface area (Å²) in [6.45, 7) is 2.02. The van der Waals surface area contributed by atoms with Crippen LogP contribution in [-0.2, 0) is 9.53 Å². The number of nitriles is 1. The van der Waals surface area contributed by atoms with E-state index in [2.05, 4.69) is 11.4 Å². The standard InChI is InChI=1S/C31H29F3N4O3S/c32-22-7-5-20(6-8-22)28-36-25(23-9-10-31(33,34)17-24(23)27(39)37-30(18-35)11-12-30)26(42-28)19-1-3-21(4-2-19)29(40)38-13-15-41-16-14-38/h1-8,23-24H,9-17H2,(H,37,39)/t23-,24-/m1/s1. The van der Waals surface area contributed by atoms with Gasteiger partial charge in [0.2, 0.25) is 11.8 Å². The molecule has 2 atom stereocenters. The van der Waals surface area contributed by atoms with Gasteiger partial charge in [-0.15, -0.1) is 11.3 Å². The number of rotatable bonds is 6. The second-order valence-corrected chi connectivity index (χ2v) is 12.2. The van der Waals surface area contributed by atoms with Gasteiger partial charge in [-0.2, -0.15) is 5.26 Å². The lowest BCUT2D eigenvalue weighted by atomic mass is 9.74. The summed E-state index contributed by atoms with van der Waals surface area (Å²) in [5.74, 6) is -5.77. The molecule has 3 aromatic rings. The summed E-state index contributed by atoms with van der Waals surface area (Å²) in [5, 5.41) is 12.8. The molecule has 2 amide bonds. The van der Waals surface area contributed by atoms with Gasteiger partial charge >= 0.3 is 0 Å². The summed E-state index contributed by atoms with van der Waals surface area (Å²) < 4.78 is 48.4. The van der Waals surface area contributed by atoms with E-state index >= 15 is 0 Å². The number of ether oxygens (including phenoxy) is 1. The Hall–Kier alpha value is -3.75. The Morgan fingerprint density at radius 3 is 2.33 bits per heavy atom. The number of benzene rings is 2. The van der Waals surface area contributed by atoms with Gasteiger partial charge in [0.05, 0.1) is 35.8 Å². The van der Waals surface area contributed by atoms with Crippen molar-refractivity contribution in [1.82, 2.24) is 15.2 Å². The van der Waals surface area contributed by atoms with Crippen LogP contribution in [-0.4, -0.2) is 59.5 Å². The molecule has 1 aromatic heterocycles. The molecule has 1 saturated heterocycles. The van der Waals surface area contributed by atoms with Gasteiger partial charge in [-0.25, -0.2) is 18.2 Å². The number of aromatic nitrogens is 1. The number of morpholine rings is 1. The molecule has 11 heteroatoms. The van der Waals surface area contributed by atoms with Gasteiger partial charge in [-0.3, -0.25) is 9.59 Å². The largest absolute Gasteiger partial charge is 0.378 e. The van der Waals surface area contributed by atoms with Crippen molar-refractivity contribution < 1.29 is 27.5 Å².